The summed E-state index contributed by atoms with van der Waals surface area (Å²) in [6.45, 7) is 4.18. The molecule has 0 bridgehead atoms. The Kier molecular flexibility index (Phi) is 7.85. The van der Waals surface area contributed by atoms with Gasteiger partial charge in [-0.25, -0.2) is 4.79 Å². The van der Waals surface area contributed by atoms with Gasteiger partial charge in [-0.15, -0.1) is 0 Å². The number of ether oxygens (including phenoxy) is 2. The van der Waals surface area contributed by atoms with Gasteiger partial charge in [0.1, 0.15) is 6.10 Å². The number of hydrogen-bond acceptors (Lipinski definition) is 4. The maximum absolute atomic E-state index is 11.2. The normalized spacial score (nSPS) is 23.2. The molecule has 4 atom stereocenters. The lowest BCUT2D eigenvalue weighted by Gasteiger charge is -2.29. The van der Waals surface area contributed by atoms with Crippen LogP contribution in [0.3, 0.4) is 0 Å². The van der Waals surface area contributed by atoms with Crippen LogP contribution in [0.2, 0.25) is 0 Å². The van der Waals surface area contributed by atoms with E-state index in [9.17, 15) is 9.90 Å². The molecular formula is C16H28O4. The molecule has 1 aliphatic heterocycles. The first-order valence-corrected chi connectivity index (χ1v) is 7.66. The lowest BCUT2D eigenvalue weighted by molar-refractivity contribution is -0.146. The Bertz CT molecular complexity index is 314. The van der Waals surface area contributed by atoms with Crippen molar-refractivity contribution in [3.8, 4) is 0 Å². The van der Waals surface area contributed by atoms with Crippen LogP contribution in [0.15, 0.2) is 12.2 Å². The third-order valence-electron chi connectivity index (χ3n) is 4.03. The summed E-state index contributed by atoms with van der Waals surface area (Å²) in [6.07, 6.45) is 8.20. The van der Waals surface area contributed by atoms with Crippen molar-refractivity contribution in [3.63, 3.8) is 0 Å². The van der Waals surface area contributed by atoms with Crippen LogP contribution in [0.1, 0.15) is 52.4 Å². The van der Waals surface area contributed by atoms with Crippen molar-refractivity contribution in [2.45, 2.75) is 70.7 Å². The Labute approximate surface area is 122 Å². The predicted octanol–water partition coefficient (Wildman–Crippen LogP) is 2.84. The topological polar surface area (TPSA) is 55.8 Å². The Balaban J connectivity index is 2.41. The van der Waals surface area contributed by atoms with Crippen molar-refractivity contribution in [2.24, 2.45) is 5.92 Å². The SMILES string of the molecule is CCCCC[C@@H](OC)[C@H](C)[C@H](O)C[C@@H]1CC=CC(=O)O1. The summed E-state index contributed by atoms with van der Waals surface area (Å²) in [5.74, 6) is -0.270. The summed E-state index contributed by atoms with van der Waals surface area (Å²) in [7, 11) is 1.70. The zero-order valence-electron chi connectivity index (χ0n) is 12.9. The maximum Gasteiger partial charge on any atom is 0.330 e. The molecule has 0 fully saturated rings. The minimum Gasteiger partial charge on any atom is -0.459 e. The third-order valence-corrected chi connectivity index (χ3v) is 4.03. The first kappa shape index (κ1) is 17.2. The molecule has 0 aliphatic carbocycles. The molecule has 4 heteroatoms. The fourth-order valence-corrected chi connectivity index (χ4v) is 2.63. The van der Waals surface area contributed by atoms with Gasteiger partial charge in [-0.3, -0.25) is 0 Å². The number of methoxy groups -OCH3 is 1. The molecule has 1 aliphatic rings. The average Bonchev–Trinajstić information content (AvgIpc) is 2.43. The van der Waals surface area contributed by atoms with Crippen molar-refractivity contribution in [2.75, 3.05) is 7.11 Å². The fraction of sp³-hybridized carbons (Fsp3) is 0.812. The number of hydrogen-bond donors (Lipinski definition) is 1. The quantitative estimate of drug-likeness (QED) is 0.522. The molecule has 1 N–H and O–H groups in total. The van der Waals surface area contributed by atoms with Gasteiger partial charge in [0.15, 0.2) is 0 Å². The lowest BCUT2D eigenvalue weighted by atomic mass is 9.90. The van der Waals surface area contributed by atoms with Crippen LogP contribution >= 0.6 is 0 Å². The summed E-state index contributed by atoms with van der Waals surface area (Å²) in [5.41, 5.74) is 0. The molecular weight excluding hydrogens is 256 g/mol. The molecule has 0 aromatic carbocycles. The van der Waals surface area contributed by atoms with Crippen LogP contribution < -0.4 is 0 Å². The average molecular weight is 284 g/mol. The molecule has 1 heterocycles. The largest absolute Gasteiger partial charge is 0.459 e. The van der Waals surface area contributed by atoms with E-state index in [-0.39, 0.29) is 24.1 Å². The highest BCUT2D eigenvalue weighted by atomic mass is 16.5. The Morgan fingerprint density at radius 1 is 1.50 bits per heavy atom. The number of aliphatic hydroxyl groups is 1. The molecule has 0 radical (unpaired) electrons. The van der Waals surface area contributed by atoms with Crippen LogP contribution in [0.25, 0.3) is 0 Å². The summed E-state index contributed by atoms with van der Waals surface area (Å²) < 4.78 is 10.7. The van der Waals surface area contributed by atoms with E-state index in [1.807, 2.05) is 13.0 Å². The number of rotatable bonds is 9. The molecule has 20 heavy (non-hydrogen) atoms. The summed E-state index contributed by atoms with van der Waals surface area (Å²) in [6, 6.07) is 0. The van der Waals surface area contributed by atoms with Gasteiger partial charge >= 0.3 is 5.97 Å². The molecule has 116 valence electrons. The van der Waals surface area contributed by atoms with Crippen LogP contribution in [0.5, 0.6) is 0 Å². The van der Waals surface area contributed by atoms with Gasteiger partial charge in [0.05, 0.1) is 12.2 Å². The van der Waals surface area contributed by atoms with E-state index in [4.69, 9.17) is 9.47 Å². The molecule has 0 aromatic heterocycles. The van der Waals surface area contributed by atoms with Gasteiger partial charge in [-0.05, 0) is 6.42 Å². The molecule has 1 rings (SSSR count). The van der Waals surface area contributed by atoms with Crippen LogP contribution in [0, 0.1) is 5.92 Å². The molecule has 4 nitrogen and oxygen atoms in total. The molecule has 0 saturated carbocycles. The highest BCUT2D eigenvalue weighted by Gasteiger charge is 2.28. The monoisotopic (exact) mass is 284 g/mol. The van der Waals surface area contributed by atoms with E-state index in [0.717, 1.165) is 12.8 Å². The standard InChI is InChI=1S/C16H28O4/c1-4-5-6-9-15(19-3)12(2)14(17)11-13-8-7-10-16(18)20-13/h7,10,12-15,17H,4-6,8-9,11H2,1-3H3/t12-,13+,14-,15-/m1/s1. The number of esters is 1. The van der Waals surface area contributed by atoms with Gasteiger partial charge < -0.3 is 14.6 Å². The minimum absolute atomic E-state index is 0.0430. The van der Waals surface area contributed by atoms with E-state index < -0.39 is 6.10 Å². The van der Waals surface area contributed by atoms with Gasteiger partial charge in [0.25, 0.3) is 0 Å². The number of unbranched alkanes of at least 4 members (excludes halogenated alkanes) is 2. The molecule has 0 spiro atoms. The summed E-state index contributed by atoms with van der Waals surface area (Å²) in [5, 5.41) is 10.3. The first-order valence-electron chi connectivity index (χ1n) is 7.66. The number of cyclic esters (lactones) is 1. The van der Waals surface area contributed by atoms with Crippen molar-refractivity contribution >= 4 is 5.97 Å². The molecule has 0 unspecified atom stereocenters. The molecule has 0 aromatic rings. The van der Waals surface area contributed by atoms with E-state index >= 15 is 0 Å². The van der Waals surface area contributed by atoms with Gasteiger partial charge in [0.2, 0.25) is 0 Å². The third kappa shape index (κ3) is 5.63. The Morgan fingerprint density at radius 2 is 2.25 bits per heavy atom. The van der Waals surface area contributed by atoms with Gasteiger partial charge in [0, 0.05) is 31.9 Å². The van der Waals surface area contributed by atoms with Crippen molar-refractivity contribution in [1.29, 1.82) is 0 Å². The second-order valence-electron chi connectivity index (χ2n) is 5.63. The Hall–Kier alpha value is -0.870. The Morgan fingerprint density at radius 3 is 2.85 bits per heavy atom. The molecule has 0 saturated heterocycles. The number of aliphatic hydroxyl groups excluding tert-OH is 1. The maximum atomic E-state index is 11.2. The number of carbonyl (C=O) groups excluding carboxylic acids is 1. The van der Waals surface area contributed by atoms with Gasteiger partial charge in [-0.1, -0.05) is 39.2 Å². The second-order valence-corrected chi connectivity index (χ2v) is 5.63. The van der Waals surface area contributed by atoms with E-state index in [1.165, 1.54) is 18.9 Å². The fourth-order valence-electron chi connectivity index (χ4n) is 2.63. The minimum atomic E-state index is -0.508. The number of carbonyl (C=O) groups is 1. The lowest BCUT2D eigenvalue weighted by Crippen LogP contribution is -2.35. The van der Waals surface area contributed by atoms with Crippen LogP contribution in [-0.2, 0) is 14.3 Å². The van der Waals surface area contributed by atoms with E-state index in [2.05, 4.69) is 6.92 Å². The highest BCUT2D eigenvalue weighted by Crippen LogP contribution is 2.23. The van der Waals surface area contributed by atoms with Crippen molar-refractivity contribution < 1.29 is 19.4 Å². The zero-order chi connectivity index (χ0) is 15.0. The van der Waals surface area contributed by atoms with Crippen LogP contribution in [0.4, 0.5) is 0 Å². The molecule has 0 amide bonds. The first-order chi connectivity index (χ1) is 9.58. The van der Waals surface area contributed by atoms with Crippen molar-refractivity contribution in [1.82, 2.24) is 0 Å². The van der Waals surface area contributed by atoms with E-state index in [1.54, 1.807) is 7.11 Å². The van der Waals surface area contributed by atoms with Crippen LogP contribution in [-0.4, -0.2) is 36.5 Å². The zero-order valence-corrected chi connectivity index (χ0v) is 12.9. The second kappa shape index (κ2) is 9.14. The van der Waals surface area contributed by atoms with Gasteiger partial charge in [-0.2, -0.15) is 0 Å². The van der Waals surface area contributed by atoms with Crippen molar-refractivity contribution in [3.05, 3.63) is 12.2 Å². The highest BCUT2D eigenvalue weighted by molar-refractivity contribution is 5.82. The summed E-state index contributed by atoms with van der Waals surface area (Å²) >= 11 is 0. The van der Waals surface area contributed by atoms with E-state index in [0.29, 0.717) is 12.8 Å². The summed E-state index contributed by atoms with van der Waals surface area (Å²) in [4.78, 5) is 11.2. The smallest absolute Gasteiger partial charge is 0.330 e. The predicted molar refractivity (Wildman–Crippen MR) is 78.4 cm³/mol.